The second-order valence-electron chi connectivity index (χ2n) is 6.17. The van der Waals surface area contributed by atoms with E-state index < -0.39 is 82.3 Å². The zero-order valence-corrected chi connectivity index (χ0v) is 16.6. The fourth-order valence-electron chi connectivity index (χ4n) is 2.47. The van der Waals surface area contributed by atoms with Crippen molar-refractivity contribution < 1.29 is 58.2 Å². The Morgan fingerprint density at radius 1 is 1.00 bits per heavy atom. The van der Waals surface area contributed by atoms with Crippen LogP contribution in [0.15, 0.2) is 33.0 Å². The minimum absolute atomic E-state index is 0.411. The third kappa shape index (κ3) is 5.10. The van der Waals surface area contributed by atoms with E-state index in [1.54, 1.807) is 0 Å². The van der Waals surface area contributed by atoms with Crippen LogP contribution in [0.1, 0.15) is 25.7 Å². The van der Waals surface area contributed by atoms with Crippen molar-refractivity contribution in [3.05, 3.63) is 33.0 Å². The molecule has 0 heterocycles. The van der Waals surface area contributed by atoms with Gasteiger partial charge in [0.2, 0.25) is 0 Å². The molecule has 30 heavy (non-hydrogen) atoms. The second kappa shape index (κ2) is 8.65. The number of hydrogen-bond acceptors (Lipinski definition) is 2. The molecule has 0 radical (unpaired) electrons. The van der Waals surface area contributed by atoms with Crippen LogP contribution in [0.2, 0.25) is 0 Å². The molecule has 0 fully saturated rings. The molecule has 2 nitrogen and oxygen atoms in total. The third-order valence-corrected chi connectivity index (χ3v) is 5.03. The van der Waals surface area contributed by atoms with E-state index >= 15 is 0 Å². The SMILES string of the molecule is O=C([O-])C1=C(CCC=CCCC(F)(F)C(F)(F)F)C(I)=CC(F)(C(F)(F)F)C1(F)F. The molecule has 1 aliphatic carbocycles. The maximum atomic E-state index is 14.1. The summed E-state index contributed by atoms with van der Waals surface area (Å²) in [5.41, 5.74) is -8.39. The molecule has 14 heteroatoms. The van der Waals surface area contributed by atoms with Crippen molar-refractivity contribution in [3.63, 3.8) is 0 Å². The zero-order chi connectivity index (χ0) is 23.8. The van der Waals surface area contributed by atoms with E-state index in [0.29, 0.717) is 0 Å². The molecule has 1 aliphatic rings. The van der Waals surface area contributed by atoms with Crippen LogP contribution in [-0.2, 0) is 4.79 Å². The number of carboxylic acids is 1. The summed E-state index contributed by atoms with van der Waals surface area (Å²) >= 11 is 1.03. The molecule has 1 atom stereocenters. The van der Waals surface area contributed by atoms with Gasteiger partial charge in [0.25, 0.3) is 5.67 Å². The molecule has 0 bridgehead atoms. The number of halogens is 12. The normalized spacial score (nSPS) is 23.1. The third-order valence-electron chi connectivity index (χ3n) is 4.07. The van der Waals surface area contributed by atoms with Gasteiger partial charge in [0, 0.05) is 10.0 Å². The van der Waals surface area contributed by atoms with Crippen molar-refractivity contribution in [1.29, 1.82) is 0 Å². The maximum absolute atomic E-state index is 14.1. The van der Waals surface area contributed by atoms with Crippen LogP contribution in [-0.4, -0.2) is 35.8 Å². The molecule has 1 unspecified atom stereocenters. The number of allylic oxidation sites excluding steroid dienone is 5. The summed E-state index contributed by atoms with van der Waals surface area (Å²) in [6, 6.07) is 0. The molecule has 0 aliphatic heterocycles. The predicted octanol–water partition coefficient (Wildman–Crippen LogP) is 5.59. The predicted molar refractivity (Wildman–Crippen MR) is 87.6 cm³/mol. The van der Waals surface area contributed by atoms with Crippen molar-refractivity contribution in [2.24, 2.45) is 0 Å². The number of alkyl halides is 11. The van der Waals surface area contributed by atoms with Gasteiger partial charge in [-0.25, -0.2) is 4.39 Å². The van der Waals surface area contributed by atoms with Gasteiger partial charge < -0.3 is 9.90 Å². The average molecular weight is 571 g/mol. The van der Waals surface area contributed by atoms with Crippen LogP contribution >= 0.6 is 22.6 Å². The summed E-state index contributed by atoms with van der Waals surface area (Å²) in [5.74, 6) is -13.2. The van der Waals surface area contributed by atoms with Crippen molar-refractivity contribution in [2.75, 3.05) is 0 Å². The minimum Gasteiger partial charge on any atom is -0.545 e. The minimum atomic E-state index is -6.15. The van der Waals surface area contributed by atoms with Gasteiger partial charge in [0.1, 0.15) is 0 Å². The van der Waals surface area contributed by atoms with E-state index in [-0.39, 0.29) is 0 Å². The van der Waals surface area contributed by atoms with Crippen LogP contribution in [0.25, 0.3) is 0 Å². The summed E-state index contributed by atoms with van der Waals surface area (Å²) in [5, 5.41) is 11.1. The second-order valence-corrected chi connectivity index (χ2v) is 7.33. The number of carbonyl (C=O) groups excluding carboxylic acids is 1. The lowest BCUT2D eigenvalue weighted by Gasteiger charge is -2.39. The van der Waals surface area contributed by atoms with Crippen molar-refractivity contribution >= 4 is 28.6 Å². The lowest BCUT2D eigenvalue weighted by atomic mass is 9.81. The van der Waals surface area contributed by atoms with Gasteiger partial charge in [0.15, 0.2) is 0 Å². The monoisotopic (exact) mass is 571 g/mol. The van der Waals surface area contributed by atoms with Crippen LogP contribution in [0.5, 0.6) is 0 Å². The summed E-state index contributed by atoms with van der Waals surface area (Å²) in [7, 11) is 0. The number of carboxylic acid groups (broad SMARTS) is 1. The van der Waals surface area contributed by atoms with Crippen molar-refractivity contribution in [1.82, 2.24) is 0 Å². The van der Waals surface area contributed by atoms with E-state index in [2.05, 4.69) is 0 Å². The quantitative estimate of drug-likeness (QED) is 0.228. The Bertz CT molecular complexity index is 762. The van der Waals surface area contributed by atoms with E-state index in [9.17, 15) is 58.2 Å². The zero-order valence-electron chi connectivity index (χ0n) is 14.4. The van der Waals surface area contributed by atoms with Crippen molar-refractivity contribution in [3.8, 4) is 0 Å². The fraction of sp³-hybridized carbons (Fsp3) is 0.562. The Morgan fingerprint density at radius 2 is 1.50 bits per heavy atom. The lowest BCUT2D eigenvalue weighted by molar-refractivity contribution is -0.309. The Balaban J connectivity index is 3.02. The van der Waals surface area contributed by atoms with Gasteiger partial charge in [-0.05, 0) is 53.5 Å². The Hall–Kier alpha value is -1.35. The van der Waals surface area contributed by atoms with Crippen LogP contribution in [0.4, 0.5) is 48.3 Å². The van der Waals surface area contributed by atoms with E-state index in [1.807, 2.05) is 0 Å². The Kier molecular flexibility index (Phi) is 7.69. The molecule has 0 spiro atoms. The summed E-state index contributed by atoms with van der Waals surface area (Å²) < 4.78 is 142. The first-order valence-corrected chi connectivity index (χ1v) is 8.94. The molecule has 0 saturated heterocycles. The van der Waals surface area contributed by atoms with Crippen LogP contribution in [0, 0.1) is 0 Å². The molecule has 0 aromatic rings. The highest BCUT2D eigenvalue weighted by atomic mass is 127. The average Bonchev–Trinajstić information content (AvgIpc) is 2.52. The standard InChI is InChI=1S/C16H12F11IO2/c17-12(15(22,23)24)7-9(28)8(10(11(29)30)14(12,20)21)5-3-1-2-4-6-13(18,19)16(25,26)27/h1-2,7H,3-6H2,(H,29,30)/p-1. The maximum Gasteiger partial charge on any atom is 0.453 e. The van der Waals surface area contributed by atoms with Crippen LogP contribution < -0.4 is 5.11 Å². The smallest absolute Gasteiger partial charge is 0.453 e. The molecule has 1 rings (SSSR count). The van der Waals surface area contributed by atoms with Gasteiger partial charge in [-0.1, -0.05) is 12.2 Å². The van der Waals surface area contributed by atoms with Gasteiger partial charge in [-0.2, -0.15) is 43.9 Å². The van der Waals surface area contributed by atoms with E-state index in [1.165, 1.54) is 0 Å². The Labute approximate surface area is 175 Å². The topological polar surface area (TPSA) is 40.1 Å². The molecular formula is C16H11F11IO2-. The number of rotatable bonds is 7. The molecule has 172 valence electrons. The summed E-state index contributed by atoms with van der Waals surface area (Å²) in [4.78, 5) is 11.1. The van der Waals surface area contributed by atoms with Gasteiger partial charge >= 0.3 is 24.2 Å². The van der Waals surface area contributed by atoms with Gasteiger partial charge in [-0.3, -0.25) is 0 Å². The fourth-order valence-corrected chi connectivity index (χ4v) is 3.44. The first-order chi connectivity index (χ1) is 13.3. The first-order valence-electron chi connectivity index (χ1n) is 7.86. The largest absolute Gasteiger partial charge is 0.545 e. The number of aliphatic carboxylic acids is 1. The first kappa shape index (κ1) is 26.7. The summed E-state index contributed by atoms with van der Waals surface area (Å²) in [6.45, 7) is 0. The highest BCUT2D eigenvalue weighted by molar-refractivity contribution is 14.1. The van der Waals surface area contributed by atoms with E-state index in [4.69, 9.17) is 0 Å². The molecule has 0 saturated carbocycles. The lowest BCUT2D eigenvalue weighted by Crippen LogP contribution is -2.59. The summed E-state index contributed by atoms with van der Waals surface area (Å²) in [6.07, 6.45) is -14.1. The van der Waals surface area contributed by atoms with Crippen LogP contribution in [0.3, 0.4) is 0 Å². The highest BCUT2D eigenvalue weighted by Crippen LogP contribution is 2.55. The molecule has 0 aromatic carbocycles. The van der Waals surface area contributed by atoms with Gasteiger partial charge in [0.05, 0.1) is 11.5 Å². The highest BCUT2D eigenvalue weighted by Gasteiger charge is 2.73. The number of hydrogen-bond donors (Lipinski definition) is 0. The number of carbonyl (C=O) groups is 1. The Morgan fingerprint density at radius 3 is 1.93 bits per heavy atom. The van der Waals surface area contributed by atoms with Crippen molar-refractivity contribution in [2.45, 2.75) is 55.5 Å². The van der Waals surface area contributed by atoms with Gasteiger partial charge in [-0.15, -0.1) is 0 Å². The molecular weight excluding hydrogens is 560 g/mol. The molecule has 0 amide bonds. The molecule has 0 aromatic heterocycles. The molecule has 0 N–H and O–H groups in total. The van der Waals surface area contributed by atoms with E-state index in [0.717, 1.165) is 34.7 Å².